The topological polar surface area (TPSA) is 35.6 Å². The molecule has 0 aromatic heterocycles. The number of nitrogens with one attached hydrogen (secondary N) is 1. The molecule has 2 rings (SSSR count). The summed E-state index contributed by atoms with van der Waals surface area (Å²) in [5.74, 6) is 0.321. The molecule has 1 amide bonds. The second kappa shape index (κ2) is 6.02. The molecular formula is C14H29N3O. The van der Waals surface area contributed by atoms with E-state index in [1.54, 1.807) is 0 Å². The van der Waals surface area contributed by atoms with E-state index in [2.05, 4.69) is 17.3 Å². The highest BCUT2D eigenvalue weighted by Crippen LogP contribution is 2.25. The van der Waals surface area contributed by atoms with Crippen molar-refractivity contribution in [3.05, 3.63) is 0 Å². The van der Waals surface area contributed by atoms with E-state index in [1.165, 1.54) is 19.3 Å². The first-order chi connectivity index (χ1) is 8.65. The van der Waals surface area contributed by atoms with Crippen LogP contribution < -0.4 is 5.32 Å². The van der Waals surface area contributed by atoms with Crippen LogP contribution in [-0.2, 0) is 4.79 Å². The van der Waals surface area contributed by atoms with E-state index < -0.39 is 0 Å². The predicted molar refractivity (Wildman–Crippen MR) is 75.6 cm³/mol. The molecule has 1 saturated carbocycles. The highest BCUT2D eigenvalue weighted by Gasteiger charge is 2.35. The smallest absolute Gasteiger partial charge is 0.239 e. The van der Waals surface area contributed by atoms with Gasteiger partial charge in [-0.2, -0.15) is 0 Å². The normalized spacial score (nSPS) is 33.6. The van der Waals surface area contributed by atoms with Crippen LogP contribution in [-0.4, -0.2) is 61.5 Å². The average Bonchev–Trinajstić information content (AvgIpc) is 2.83. The number of carbonyl (C=O) groups excluding carboxylic acids is 1. The third-order valence-corrected chi connectivity index (χ3v) is 4.75. The summed E-state index contributed by atoms with van der Waals surface area (Å²) in [4.78, 5) is 16.8. The molecule has 3 atom stereocenters. The Kier molecular flexibility index (Phi) is 4.62. The molecule has 1 aliphatic carbocycles. The first-order valence-electron chi connectivity index (χ1n) is 7.29. The number of hydrogen-bond acceptors (Lipinski definition) is 3. The molecule has 4 heteroatoms. The van der Waals surface area contributed by atoms with Gasteiger partial charge in [-0.15, -0.1) is 0 Å². The molecule has 1 aliphatic heterocycles. The van der Waals surface area contributed by atoms with E-state index >= 15 is 0 Å². The van der Waals surface area contributed by atoms with E-state index in [0.717, 1.165) is 25.8 Å². The minimum absolute atomic E-state index is 0. The van der Waals surface area contributed by atoms with Crippen LogP contribution in [0.15, 0.2) is 0 Å². The lowest BCUT2D eigenvalue weighted by molar-refractivity contribution is -0.137. The van der Waals surface area contributed by atoms with Gasteiger partial charge in [0.25, 0.3) is 0 Å². The fourth-order valence-electron chi connectivity index (χ4n) is 3.53. The molecule has 18 heavy (non-hydrogen) atoms. The molecule has 0 unspecified atom stereocenters. The van der Waals surface area contributed by atoms with Gasteiger partial charge >= 0.3 is 0 Å². The van der Waals surface area contributed by atoms with E-state index in [4.69, 9.17) is 0 Å². The molecule has 0 radical (unpaired) electrons. The van der Waals surface area contributed by atoms with Gasteiger partial charge in [-0.3, -0.25) is 9.69 Å². The maximum absolute atomic E-state index is 12.6. The van der Waals surface area contributed by atoms with Crippen LogP contribution in [0.1, 0.15) is 40.0 Å². The van der Waals surface area contributed by atoms with Crippen molar-refractivity contribution >= 4 is 5.91 Å². The molecule has 1 heterocycles. The molecule has 0 aromatic rings. The van der Waals surface area contributed by atoms with Crippen molar-refractivity contribution in [3.8, 4) is 0 Å². The lowest BCUT2D eigenvalue weighted by Gasteiger charge is -2.39. The summed E-state index contributed by atoms with van der Waals surface area (Å²) in [6.07, 6.45) is 7.05. The summed E-state index contributed by atoms with van der Waals surface area (Å²) in [6, 6.07) is 0.971. The van der Waals surface area contributed by atoms with E-state index in [0.29, 0.717) is 18.0 Å². The molecule has 0 spiro atoms. The number of likely N-dealkylation sites (tertiary alicyclic amines) is 1. The first-order valence-corrected chi connectivity index (χ1v) is 7.29. The van der Waals surface area contributed by atoms with Crippen molar-refractivity contribution in [1.29, 1.82) is 0 Å². The van der Waals surface area contributed by atoms with Crippen LogP contribution in [0.2, 0.25) is 0 Å². The Bertz CT molecular complexity index is 300. The Balaban J connectivity index is 0.00000180. The molecule has 4 nitrogen and oxygen atoms in total. The largest absolute Gasteiger partial charge is 0.340 e. The number of likely N-dealkylation sites (N-methyl/N-ethyl adjacent to an activating group) is 3. The quantitative estimate of drug-likeness (QED) is 0.826. The Labute approximate surface area is 112 Å². The van der Waals surface area contributed by atoms with Gasteiger partial charge in [0.15, 0.2) is 0 Å². The van der Waals surface area contributed by atoms with Crippen molar-refractivity contribution in [2.24, 2.45) is 0 Å². The standard InChI is InChI=1S/C14H27N3O.H2/c1-15-11-7-4-5-8-12(11)17(3)14(18)13-9-6-10-16(13)2;/h11-13,15H,4-10H2,1-3H3;1H/t11-,12-,13+;/m0./s1. The lowest BCUT2D eigenvalue weighted by atomic mass is 9.89. The number of amides is 1. The maximum Gasteiger partial charge on any atom is 0.239 e. The van der Waals surface area contributed by atoms with Crippen molar-refractivity contribution in [3.63, 3.8) is 0 Å². The summed E-state index contributed by atoms with van der Waals surface area (Å²) in [5.41, 5.74) is 0. The van der Waals surface area contributed by atoms with Gasteiger partial charge in [-0.05, 0) is 46.3 Å². The summed E-state index contributed by atoms with van der Waals surface area (Å²) < 4.78 is 0. The zero-order valence-electron chi connectivity index (χ0n) is 12.0. The van der Waals surface area contributed by atoms with Crippen LogP contribution in [0.25, 0.3) is 0 Å². The fraction of sp³-hybridized carbons (Fsp3) is 0.929. The summed E-state index contributed by atoms with van der Waals surface area (Å²) in [7, 11) is 6.08. The highest BCUT2D eigenvalue weighted by molar-refractivity contribution is 5.82. The third kappa shape index (κ3) is 2.69. The van der Waals surface area contributed by atoms with Crippen molar-refractivity contribution in [2.75, 3.05) is 27.7 Å². The number of rotatable bonds is 3. The summed E-state index contributed by atoms with van der Waals surface area (Å²) >= 11 is 0. The van der Waals surface area contributed by atoms with Gasteiger partial charge in [0, 0.05) is 20.6 Å². The molecule has 106 valence electrons. The predicted octanol–water partition coefficient (Wildman–Crippen LogP) is 1.32. The van der Waals surface area contributed by atoms with E-state index in [1.807, 2.05) is 19.0 Å². The molecule has 2 fully saturated rings. The molecule has 2 aliphatic rings. The number of carbonyl (C=O) groups is 1. The van der Waals surface area contributed by atoms with Gasteiger partial charge in [-0.1, -0.05) is 12.8 Å². The van der Waals surface area contributed by atoms with Gasteiger partial charge in [0.1, 0.15) is 0 Å². The number of nitrogens with zero attached hydrogens (tertiary/aromatic N) is 2. The Morgan fingerprint density at radius 3 is 2.61 bits per heavy atom. The Morgan fingerprint density at radius 1 is 1.28 bits per heavy atom. The van der Waals surface area contributed by atoms with Crippen molar-refractivity contribution < 1.29 is 6.22 Å². The highest BCUT2D eigenvalue weighted by atomic mass is 16.2. The molecule has 1 saturated heterocycles. The minimum Gasteiger partial charge on any atom is -0.340 e. The molecule has 0 aromatic carbocycles. The number of hydrogen-bond donors (Lipinski definition) is 1. The van der Waals surface area contributed by atoms with Crippen LogP contribution in [0.5, 0.6) is 0 Å². The van der Waals surface area contributed by atoms with E-state index in [-0.39, 0.29) is 7.47 Å². The Hall–Kier alpha value is -0.610. The van der Waals surface area contributed by atoms with Gasteiger partial charge in [-0.25, -0.2) is 0 Å². The van der Waals surface area contributed by atoms with Crippen LogP contribution in [0.4, 0.5) is 0 Å². The van der Waals surface area contributed by atoms with Gasteiger partial charge in [0.05, 0.1) is 6.04 Å². The van der Waals surface area contributed by atoms with Crippen molar-refractivity contribution in [1.82, 2.24) is 15.1 Å². The van der Waals surface area contributed by atoms with Gasteiger partial charge in [0.2, 0.25) is 5.91 Å². The second-order valence-corrected chi connectivity index (χ2v) is 5.83. The third-order valence-electron chi connectivity index (χ3n) is 4.75. The zero-order valence-corrected chi connectivity index (χ0v) is 12.0. The second-order valence-electron chi connectivity index (χ2n) is 5.83. The van der Waals surface area contributed by atoms with Crippen molar-refractivity contribution in [2.45, 2.75) is 56.7 Å². The molecular weight excluding hydrogens is 226 g/mol. The maximum atomic E-state index is 12.6. The van der Waals surface area contributed by atoms with Crippen LogP contribution in [0, 0.1) is 0 Å². The lowest BCUT2D eigenvalue weighted by Crippen LogP contribution is -2.54. The SMILES string of the molecule is CN[C@H]1CCCC[C@@H]1N(C)C(=O)[C@H]1CCCN1C.[HH]. The molecule has 1 N–H and O–H groups in total. The molecule has 0 bridgehead atoms. The van der Waals surface area contributed by atoms with Crippen LogP contribution in [0.3, 0.4) is 0 Å². The minimum atomic E-state index is 0. The summed E-state index contributed by atoms with van der Waals surface area (Å²) in [6.45, 7) is 1.06. The summed E-state index contributed by atoms with van der Waals surface area (Å²) in [5, 5.41) is 3.38. The monoisotopic (exact) mass is 255 g/mol. The fourth-order valence-corrected chi connectivity index (χ4v) is 3.53. The Morgan fingerprint density at radius 2 is 2.00 bits per heavy atom. The van der Waals surface area contributed by atoms with E-state index in [9.17, 15) is 4.79 Å². The average molecular weight is 255 g/mol. The van der Waals surface area contributed by atoms with Gasteiger partial charge < -0.3 is 10.2 Å². The zero-order chi connectivity index (χ0) is 13.1. The van der Waals surface area contributed by atoms with Crippen LogP contribution >= 0.6 is 0 Å². The first kappa shape index (κ1) is 13.8.